The Kier molecular flexibility index (Phi) is 4.52. The van der Waals surface area contributed by atoms with Gasteiger partial charge in [0.05, 0.1) is 5.41 Å². The van der Waals surface area contributed by atoms with Crippen molar-refractivity contribution in [3.05, 3.63) is 12.4 Å². The summed E-state index contributed by atoms with van der Waals surface area (Å²) in [5.74, 6) is 0.313. The van der Waals surface area contributed by atoms with Crippen LogP contribution >= 0.6 is 11.8 Å². The number of carboxylic acids is 1. The highest BCUT2D eigenvalue weighted by molar-refractivity contribution is 7.98. The summed E-state index contributed by atoms with van der Waals surface area (Å²) in [6.07, 6.45) is 5.52. The van der Waals surface area contributed by atoms with Crippen LogP contribution in [0, 0.1) is 11.3 Å². The van der Waals surface area contributed by atoms with Gasteiger partial charge in [-0.3, -0.25) is 4.79 Å². The minimum atomic E-state index is -0.725. The highest BCUT2D eigenvalue weighted by Gasteiger charge is 2.39. The Hall–Kier alpha value is -1.30. The molecule has 1 aliphatic heterocycles. The third-order valence-corrected chi connectivity index (χ3v) is 4.80. The maximum absolute atomic E-state index is 11.4. The Morgan fingerprint density at radius 3 is 2.90 bits per heavy atom. The number of nitrogens with zero attached hydrogens (tertiary/aromatic N) is 3. The molecule has 0 aromatic carbocycles. The van der Waals surface area contributed by atoms with Crippen LogP contribution < -0.4 is 4.90 Å². The van der Waals surface area contributed by atoms with Crippen LogP contribution in [0.15, 0.2) is 17.4 Å². The van der Waals surface area contributed by atoms with E-state index in [-0.39, 0.29) is 5.92 Å². The number of rotatable bonds is 4. The van der Waals surface area contributed by atoms with E-state index in [4.69, 9.17) is 0 Å². The molecule has 2 heterocycles. The summed E-state index contributed by atoms with van der Waals surface area (Å²) in [6, 6.07) is 1.97. The van der Waals surface area contributed by atoms with Crippen LogP contribution in [-0.2, 0) is 4.79 Å². The molecule has 0 saturated carbocycles. The summed E-state index contributed by atoms with van der Waals surface area (Å²) in [7, 11) is 0. The molecule has 1 aromatic heterocycles. The molecule has 0 spiro atoms. The lowest BCUT2D eigenvalue weighted by atomic mass is 9.74. The topological polar surface area (TPSA) is 66.3 Å². The van der Waals surface area contributed by atoms with E-state index in [1.165, 1.54) is 0 Å². The molecule has 2 rings (SSSR count). The zero-order valence-corrected chi connectivity index (χ0v) is 13.0. The van der Waals surface area contributed by atoms with Gasteiger partial charge in [-0.05, 0) is 38.9 Å². The van der Waals surface area contributed by atoms with Gasteiger partial charge in [-0.1, -0.05) is 0 Å². The lowest BCUT2D eigenvalue weighted by Gasteiger charge is -2.39. The molecular formula is C14H21N3O2S. The van der Waals surface area contributed by atoms with Gasteiger partial charge in [0.1, 0.15) is 17.2 Å². The number of anilines is 1. The fourth-order valence-corrected chi connectivity index (χ4v) is 2.94. The van der Waals surface area contributed by atoms with E-state index in [1.807, 2.05) is 26.2 Å². The van der Waals surface area contributed by atoms with Gasteiger partial charge in [0, 0.05) is 19.2 Å². The first-order valence-electron chi connectivity index (χ1n) is 6.79. The maximum Gasteiger partial charge on any atom is 0.309 e. The monoisotopic (exact) mass is 295 g/mol. The highest BCUT2D eigenvalue weighted by atomic mass is 32.2. The minimum absolute atomic E-state index is 0.140. The van der Waals surface area contributed by atoms with Crippen molar-refractivity contribution < 1.29 is 9.90 Å². The van der Waals surface area contributed by atoms with Crippen LogP contribution in [0.1, 0.15) is 26.7 Å². The molecule has 1 unspecified atom stereocenters. The average molecular weight is 295 g/mol. The van der Waals surface area contributed by atoms with Crippen molar-refractivity contribution in [2.45, 2.75) is 31.7 Å². The molecule has 110 valence electrons. The summed E-state index contributed by atoms with van der Waals surface area (Å²) < 4.78 is 0. The van der Waals surface area contributed by atoms with Crippen molar-refractivity contribution in [2.24, 2.45) is 11.3 Å². The third kappa shape index (κ3) is 3.06. The fraction of sp³-hybridized carbons (Fsp3) is 0.643. The van der Waals surface area contributed by atoms with Gasteiger partial charge in [0.25, 0.3) is 0 Å². The maximum atomic E-state index is 11.4. The van der Waals surface area contributed by atoms with Crippen LogP contribution in [-0.4, -0.2) is 40.4 Å². The molecule has 1 saturated heterocycles. The van der Waals surface area contributed by atoms with Gasteiger partial charge in [-0.2, -0.15) is 0 Å². The normalized spacial score (nSPS) is 19.9. The summed E-state index contributed by atoms with van der Waals surface area (Å²) in [5, 5.41) is 10.3. The van der Waals surface area contributed by atoms with Gasteiger partial charge in [-0.15, -0.1) is 11.8 Å². The van der Waals surface area contributed by atoms with Gasteiger partial charge >= 0.3 is 5.97 Å². The summed E-state index contributed by atoms with van der Waals surface area (Å²) >= 11 is 1.59. The molecule has 0 amide bonds. The number of carboxylic acid groups (broad SMARTS) is 1. The van der Waals surface area contributed by atoms with Crippen molar-refractivity contribution in [2.75, 3.05) is 24.2 Å². The molecule has 1 N–H and O–H groups in total. The number of thioether (sulfide) groups is 1. The molecule has 20 heavy (non-hydrogen) atoms. The van der Waals surface area contributed by atoms with E-state index in [0.29, 0.717) is 0 Å². The first kappa shape index (κ1) is 15.1. The van der Waals surface area contributed by atoms with Gasteiger partial charge < -0.3 is 10.0 Å². The predicted molar refractivity (Wildman–Crippen MR) is 80.2 cm³/mol. The second-order valence-electron chi connectivity index (χ2n) is 5.73. The Bertz CT molecular complexity index is 493. The number of carbonyl (C=O) groups is 1. The number of hydrogen-bond acceptors (Lipinski definition) is 5. The Morgan fingerprint density at radius 1 is 1.50 bits per heavy atom. The van der Waals surface area contributed by atoms with Crippen LogP contribution in [0.3, 0.4) is 0 Å². The SMILES string of the molecule is CSc1cc(N2CCCC(C(C)(C)C(=O)O)C2)ncn1. The van der Waals surface area contributed by atoms with E-state index in [2.05, 4.69) is 14.9 Å². The number of hydrogen-bond donors (Lipinski definition) is 1. The Labute approximate surface area is 123 Å². The summed E-state index contributed by atoms with van der Waals surface area (Å²) in [6.45, 7) is 5.30. The van der Waals surface area contributed by atoms with Crippen molar-refractivity contribution >= 4 is 23.5 Å². The molecule has 0 aliphatic carbocycles. The standard InChI is InChI=1S/C14H21N3O2S/c1-14(2,13(18)19)10-5-4-6-17(8-10)11-7-12(20-3)16-9-15-11/h7,9-10H,4-6,8H2,1-3H3,(H,18,19). The molecule has 0 bridgehead atoms. The molecule has 1 fully saturated rings. The molecular weight excluding hydrogens is 274 g/mol. The van der Waals surface area contributed by atoms with Crippen molar-refractivity contribution in [1.82, 2.24) is 9.97 Å². The minimum Gasteiger partial charge on any atom is -0.481 e. The van der Waals surface area contributed by atoms with E-state index >= 15 is 0 Å². The van der Waals surface area contributed by atoms with Crippen LogP contribution in [0.25, 0.3) is 0 Å². The third-order valence-electron chi connectivity index (χ3n) is 4.15. The fourth-order valence-electron chi connectivity index (χ4n) is 2.56. The Morgan fingerprint density at radius 2 is 2.25 bits per heavy atom. The van der Waals surface area contributed by atoms with Crippen LogP contribution in [0.5, 0.6) is 0 Å². The zero-order chi connectivity index (χ0) is 14.8. The van der Waals surface area contributed by atoms with Gasteiger partial charge in [0.15, 0.2) is 0 Å². The summed E-state index contributed by atoms with van der Waals surface area (Å²) in [5.41, 5.74) is -0.700. The molecule has 0 radical (unpaired) electrons. The molecule has 5 nitrogen and oxygen atoms in total. The first-order valence-corrected chi connectivity index (χ1v) is 8.02. The van der Waals surface area contributed by atoms with E-state index in [1.54, 1.807) is 18.1 Å². The second kappa shape index (κ2) is 5.99. The van der Waals surface area contributed by atoms with E-state index in [9.17, 15) is 9.90 Å². The van der Waals surface area contributed by atoms with Crippen molar-refractivity contribution in [3.8, 4) is 0 Å². The number of aliphatic carboxylic acids is 1. The largest absolute Gasteiger partial charge is 0.481 e. The van der Waals surface area contributed by atoms with Gasteiger partial charge in [0.2, 0.25) is 0 Å². The van der Waals surface area contributed by atoms with Crippen LogP contribution in [0.4, 0.5) is 5.82 Å². The second-order valence-corrected chi connectivity index (χ2v) is 6.56. The van der Waals surface area contributed by atoms with Gasteiger partial charge in [-0.25, -0.2) is 9.97 Å². The average Bonchev–Trinajstić information content (AvgIpc) is 2.47. The molecule has 1 aliphatic rings. The molecule has 1 atom stereocenters. The number of aromatic nitrogens is 2. The van der Waals surface area contributed by atoms with Crippen molar-refractivity contribution in [3.63, 3.8) is 0 Å². The zero-order valence-electron chi connectivity index (χ0n) is 12.2. The summed E-state index contributed by atoms with van der Waals surface area (Å²) in [4.78, 5) is 22.1. The first-order chi connectivity index (χ1) is 9.45. The van der Waals surface area contributed by atoms with E-state index < -0.39 is 11.4 Å². The highest BCUT2D eigenvalue weighted by Crippen LogP contribution is 2.35. The molecule has 1 aromatic rings. The smallest absolute Gasteiger partial charge is 0.309 e. The lowest BCUT2D eigenvalue weighted by molar-refractivity contribution is -0.150. The van der Waals surface area contributed by atoms with Crippen molar-refractivity contribution in [1.29, 1.82) is 0 Å². The molecule has 6 heteroatoms. The van der Waals surface area contributed by atoms with E-state index in [0.717, 1.165) is 36.8 Å². The predicted octanol–water partition coefficient (Wildman–Crippen LogP) is 2.53. The lowest BCUT2D eigenvalue weighted by Crippen LogP contribution is -2.45. The van der Waals surface area contributed by atoms with Crippen LogP contribution in [0.2, 0.25) is 0 Å². The number of piperidine rings is 1. The quantitative estimate of drug-likeness (QED) is 0.680. The Balaban J connectivity index is 2.16.